The SMILES string of the molecule is CC(=O)NNC(=O)c1ccc(NC(=O)c2cccc(C)c2)cc1. The van der Waals surface area contributed by atoms with Crippen LogP contribution >= 0.6 is 0 Å². The Hall–Kier alpha value is -3.15. The number of rotatable bonds is 3. The van der Waals surface area contributed by atoms with E-state index in [1.54, 1.807) is 36.4 Å². The number of nitrogens with one attached hydrogen (secondary N) is 3. The Morgan fingerprint density at radius 2 is 1.52 bits per heavy atom. The van der Waals surface area contributed by atoms with Gasteiger partial charge in [0.15, 0.2) is 0 Å². The standard InChI is InChI=1S/C17H17N3O3/c1-11-4-3-5-14(10-11)16(22)18-15-8-6-13(7-9-15)17(23)20-19-12(2)21/h3-10H,1-2H3,(H,18,22)(H,19,21)(H,20,23). The molecule has 6 heteroatoms. The smallest absolute Gasteiger partial charge is 0.269 e. The number of aryl methyl sites for hydroxylation is 1. The Bertz CT molecular complexity index is 739. The third-order valence-corrected chi connectivity index (χ3v) is 3.04. The van der Waals surface area contributed by atoms with Gasteiger partial charge in [-0.3, -0.25) is 25.2 Å². The molecule has 0 heterocycles. The van der Waals surface area contributed by atoms with Gasteiger partial charge in [0.25, 0.3) is 11.8 Å². The maximum atomic E-state index is 12.1. The minimum absolute atomic E-state index is 0.218. The van der Waals surface area contributed by atoms with Crippen molar-refractivity contribution in [3.8, 4) is 0 Å². The molecule has 118 valence electrons. The molecule has 23 heavy (non-hydrogen) atoms. The molecule has 0 saturated carbocycles. The van der Waals surface area contributed by atoms with Crippen molar-refractivity contribution in [2.45, 2.75) is 13.8 Å². The van der Waals surface area contributed by atoms with Crippen LogP contribution in [0.4, 0.5) is 5.69 Å². The largest absolute Gasteiger partial charge is 0.322 e. The molecule has 3 amide bonds. The highest BCUT2D eigenvalue weighted by Crippen LogP contribution is 2.12. The van der Waals surface area contributed by atoms with Crippen LogP contribution in [0.5, 0.6) is 0 Å². The number of amides is 3. The Labute approximate surface area is 133 Å². The van der Waals surface area contributed by atoms with Gasteiger partial charge in [-0.2, -0.15) is 0 Å². The summed E-state index contributed by atoms with van der Waals surface area (Å²) in [7, 11) is 0. The van der Waals surface area contributed by atoms with Crippen LogP contribution in [-0.4, -0.2) is 17.7 Å². The number of hydrogen-bond donors (Lipinski definition) is 3. The summed E-state index contributed by atoms with van der Waals surface area (Å²) in [5.74, 6) is -1.01. The highest BCUT2D eigenvalue weighted by atomic mass is 16.2. The van der Waals surface area contributed by atoms with Crippen molar-refractivity contribution in [1.29, 1.82) is 0 Å². The van der Waals surface area contributed by atoms with E-state index in [0.717, 1.165) is 5.56 Å². The van der Waals surface area contributed by atoms with Gasteiger partial charge < -0.3 is 5.32 Å². The van der Waals surface area contributed by atoms with E-state index in [4.69, 9.17) is 0 Å². The molecule has 0 bridgehead atoms. The maximum absolute atomic E-state index is 12.1. The lowest BCUT2D eigenvalue weighted by Gasteiger charge is -2.08. The zero-order chi connectivity index (χ0) is 16.8. The zero-order valence-corrected chi connectivity index (χ0v) is 12.8. The molecule has 0 saturated heterocycles. The first-order valence-corrected chi connectivity index (χ1v) is 7.01. The molecule has 2 aromatic rings. The normalized spacial score (nSPS) is 9.83. The quantitative estimate of drug-likeness (QED) is 0.758. The molecule has 2 rings (SSSR count). The molecule has 0 unspecified atom stereocenters. The molecular formula is C17H17N3O3. The third-order valence-electron chi connectivity index (χ3n) is 3.04. The number of hydrogen-bond acceptors (Lipinski definition) is 3. The van der Waals surface area contributed by atoms with Crippen LogP contribution in [0.15, 0.2) is 48.5 Å². The Balaban J connectivity index is 2.01. The van der Waals surface area contributed by atoms with Crippen molar-refractivity contribution >= 4 is 23.4 Å². The summed E-state index contributed by atoms with van der Waals surface area (Å²) in [5.41, 5.74) is 6.99. The first kappa shape index (κ1) is 16.2. The number of hydrazine groups is 1. The minimum atomic E-state index is -0.434. The van der Waals surface area contributed by atoms with E-state index >= 15 is 0 Å². The van der Waals surface area contributed by atoms with Crippen LogP contribution in [0.1, 0.15) is 33.2 Å². The van der Waals surface area contributed by atoms with E-state index in [-0.39, 0.29) is 11.8 Å². The fraction of sp³-hybridized carbons (Fsp3) is 0.118. The number of benzene rings is 2. The summed E-state index contributed by atoms with van der Waals surface area (Å²) >= 11 is 0. The second kappa shape index (κ2) is 7.22. The van der Waals surface area contributed by atoms with Crippen LogP contribution in [0, 0.1) is 6.92 Å². The topological polar surface area (TPSA) is 87.3 Å². The average molecular weight is 311 g/mol. The summed E-state index contributed by atoms with van der Waals surface area (Å²) < 4.78 is 0. The van der Waals surface area contributed by atoms with Gasteiger partial charge >= 0.3 is 0 Å². The molecule has 0 aliphatic heterocycles. The molecule has 2 aromatic carbocycles. The Morgan fingerprint density at radius 1 is 0.826 bits per heavy atom. The van der Waals surface area contributed by atoms with Crippen molar-refractivity contribution < 1.29 is 14.4 Å². The molecule has 0 radical (unpaired) electrons. The predicted molar refractivity (Wildman–Crippen MR) is 86.9 cm³/mol. The molecule has 0 atom stereocenters. The number of carbonyl (C=O) groups excluding carboxylic acids is 3. The van der Waals surface area contributed by atoms with E-state index in [0.29, 0.717) is 16.8 Å². The average Bonchev–Trinajstić information content (AvgIpc) is 2.53. The van der Waals surface area contributed by atoms with Gasteiger partial charge in [-0.05, 0) is 43.3 Å². The van der Waals surface area contributed by atoms with Crippen LogP contribution < -0.4 is 16.2 Å². The molecular weight excluding hydrogens is 294 g/mol. The fourth-order valence-corrected chi connectivity index (χ4v) is 1.91. The van der Waals surface area contributed by atoms with Crippen LogP contribution in [0.25, 0.3) is 0 Å². The molecule has 0 spiro atoms. The number of anilines is 1. The molecule has 3 N–H and O–H groups in total. The zero-order valence-electron chi connectivity index (χ0n) is 12.8. The highest BCUT2D eigenvalue weighted by Gasteiger charge is 2.08. The highest BCUT2D eigenvalue weighted by molar-refractivity contribution is 6.04. The van der Waals surface area contributed by atoms with Crippen molar-refractivity contribution in [1.82, 2.24) is 10.9 Å². The lowest BCUT2D eigenvalue weighted by molar-refractivity contribution is -0.119. The summed E-state index contributed by atoms with van der Waals surface area (Å²) in [6, 6.07) is 13.6. The van der Waals surface area contributed by atoms with Crippen molar-refractivity contribution in [2.75, 3.05) is 5.32 Å². The van der Waals surface area contributed by atoms with E-state index < -0.39 is 5.91 Å². The van der Waals surface area contributed by atoms with Gasteiger partial charge in [0, 0.05) is 23.7 Å². The molecule has 0 fully saturated rings. The van der Waals surface area contributed by atoms with Crippen molar-refractivity contribution in [3.63, 3.8) is 0 Å². The van der Waals surface area contributed by atoms with Crippen molar-refractivity contribution in [2.24, 2.45) is 0 Å². The maximum Gasteiger partial charge on any atom is 0.269 e. The first-order chi connectivity index (χ1) is 11.0. The van der Waals surface area contributed by atoms with Gasteiger partial charge in [0.05, 0.1) is 0 Å². The Kier molecular flexibility index (Phi) is 5.09. The van der Waals surface area contributed by atoms with Crippen molar-refractivity contribution in [3.05, 3.63) is 65.2 Å². The van der Waals surface area contributed by atoms with Crippen LogP contribution in [-0.2, 0) is 4.79 Å². The van der Waals surface area contributed by atoms with Gasteiger partial charge in [0.2, 0.25) is 5.91 Å². The van der Waals surface area contributed by atoms with Gasteiger partial charge in [-0.15, -0.1) is 0 Å². The predicted octanol–water partition coefficient (Wildman–Crippen LogP) is 2.03. The van der Waals surface area contributed by atoms with E-state index in [2.05, 4.69) is 16.2 Å². The first-order valence-electron chi connectivity index (χ1n) is 7.01. The van der Waals surface area contributed by atoms with Gasteiger partial charge in [-0.1, -0.05) is 17.7 Å². The summed E-state index contributed by atoms with van der Waals surface area (Å²) in [4.78, 5) is 34.6. The second-order valence-corrected chi connectivity index (χ2v) is 5.04. The molecule has 0 aliphatic rings. The van der Waals surface area contributed by atoms with Gasteiger partial charge in [0.1, 0.15) is 0 Å². The van der Waals surface area contributed by atoms with Gasteiger partial charge in [-0.25, -0.2) is 0 Å². The van der Waals surface area contributed by atoms with E-state index in [1.807, 2.05) is 19.1 Å². The fourth-order valence-electron chi connectivity index (χ4n) is 1.91. The molecule has 0 aliphatic carbocycles. The third kappa shape index (κ3) is 4.67. The lowest BCUT2D eigenvalue weighted by atomic mass is 10.1. The van der Waals surface area contributed by atoms with E-state index in [1.165, 1.54) is 6.92 Å². The minimum Gasteiger partial charge on any atom is -0.322 e. The summed E-state index contributed by atoms with van der Waals surface area (Å²) in [6.07, 6.45) is 0. The molecule has 6 nitrogen and oxygen atoms in total. The van der Waals surface area contributed by atoms with Crippen LogP contribution in [0.2, 0.25) is 0 Å². The monoisotopic (exact) mass is 311 g/mol. The lowest BCUT2D eigenvalue weighted by Crippen LogP contribution is -2.40. The summed E-state index contributed by atoms with van der Waals surface area (Å²) in [6.45, 7) is 3.21. The second-order valence-electron chi connectivity index (χ2n) is 5.04. The molecule has 0 aromatic heterocycles. The Morgan fingerprint density at radius 3 is 2.13 bits per heavy atom. The van der Waals surface area contributed by atoms with E-state index in [9.17, 15) is 14.4 Å². The number of carbonyl (C=O) groups is 3. The van der Waals surface area contributed by atoms with Crippen LogP contribution in [0.3, 0.4) is 0 Å². The summed E-state index contributed by atoms with van der Waals surface area (Å²) in [5, 5.41) is 2.76.